The number of hydrazine groups is 1. The van der Waals surface area contributed by atoms with E-state index in [4.69, 9.17) is 5.84 Å². The molecule has 4 nitrogen and oxygen atoms in total. The molecule has 0 heterocycles. The van der Waals surface area contributed by atoms with Gasteiger partial charge in [-0.3, -0.25) is 10.2 Å². The van der Waals surface area contributed by atoms with Gasteiger partial charge in [-0.05, 0) is 31.4 Å². The number of carbonyl (C=O) groups is 1. The van der Waals surface area contributed by atoms with Gasteiger partial charge < -0.3 is 4.90 Å². The van der Waals surface area contributed by atoms with Gasteiger partial charge in [0, 0.05) is 13.1 Å². The lowest BCUT2D eigenvalue weighted by atomic mass is 9.97. The van der Waals surface area contributed by atoms with Gasteiger partial charge in [0.15, 0.2) is 0 Å². The van der Waals surface area contributed by atoms with Crippen LogP contribution in [0.5, 0.6) is 0 Å². The van der Waals surface area contributed by atoms with Gasteiger partial charge in [-0.25, -0.2) is 5.84 Å². The summed E-state index contributed by atoms with van der Waals surface area (Å²) in [6, 6.07) is 9.86. The van der Waals surface area contributed by atoms with E-state index in [9.17, 15) is 4.79 Å². The number of rotatable bonds is 6. The summed E-state index contributed by atoms with van der Waals surface area (Å²) in [6.45, 7) is 1.78. The van der Waals surface area contributed by atoms with Gasteiger partial charge >= 0.3 is 0 Å². The standard InChI is InChI=1S/C16H25N3O/c1-19(11-13-7-5-6-8-13)12-15(16(20)18-17)14-9-3-2-4-10-14/h2-4,9-10,13,15H,5-8,11-12,17H2,1H3,(H,18,20). The molecule has 1 saturated carbocycles. The third-order valence-electron chi connectivity index (χ3n) is 4.20. The number of amides is 1. The minimum atomic E-state index is -0.201. The van der Waals surface area contributed by atoms with Crippen molar-refractivity contribution in [2.75, 3.05) is 20.1 Å². The molecule has 1 aliphatic carbocycles. The Kier molecular flexibility index (Phi) is 5.56. The number of nitrogens with one attached hydrogen (secondary N) is 1. The van der Waals surface area contributed by atoms with Gasteiger partial charge in [-0.15, -0.1) is 0 Å². The van der Waals surface area contributed by atoms with Crippen molar-refractivity contribution >= 4 is 5.91 Å². The fourth-order valence-corrected chi connectivity index (χ4v) is 3.15. The monoisotopic (exact) mass is 275 g/mol. The second-order valence-corrected chi connectivity index (χ2v) is 5.84. The summed E-state index contributed by atoms with van der Waals surface area (Å²) in [5.41, 5.74) is 3.32. The molecule has 1 aromatic rings. The van der Waals surface area contributed by atoms with Gasteiger partial charge in [0.25, 0.3) is 0 Å². The summed E-state index contributed by atoms with van der Waals surface area (Å²) in [7, 11) is 2.10. The van der Waals surface area contributed by atoms with Crippen LogP contribution >= 0.6 is 0 Å². The first kappa shape index (κ1) is 15.0. The minimum Gasteiger partial charge on any atom is -0.305 e. The maximum absolute atomic E-state index is 12.0. The van der Waals surface area contributed by atoms with Crippen LogP contribution in [0.4, 0.5) is 0 Å². The van der Waals surface area contributed by atoms with Crippen molar-refractivity contribution in [2.45, 2.75) is 31.6 Å². The fraction of sp³-hybridized carbons (Fsp3) is 0.562. The van der Waals surface area contributed by atoms with E-state index in [1.807, 2.05) is 30.3 Å². The van der Waals surface area contributed by atoms with Crippen molar-refractivity contribution in [3.8, 4) is 0 Å². The molecule has 20 heavy (non-hydrogen) atoms. The van der Waals surface area contributed by atoms with Crippen molar-refractivity contribution in [2.24, 2.45) is 11.8 Å². The maximum Gasteiger partial charge on any atom is 0.242 e. The van der Waals surface area contributed by atoms with E-state index < -0.39 is 0 Å². The summed E-state index contributed by atoms with van der Waals surface area (Å²) >= 11 is 0. The molecular weight excluding hydrogens is 250 g/mol. The number of hydrogen-bond acceptors (Lipinski definition) is 3. The van der Waals surface area contributed by atoms with Crippen LogP contribution in [0.1, 0.15) is 37.2 Å². The highest BCUT2D eigenvalue weighted by Gasteiger charge is 2.23. The molecule has 3 N–H and O–H groups in total. The number of likely N-dealkylation sites (N-methyl/N-ethyl adjacent to an activating group) is 1. The average molecular weight is 275 g/mol. The van der Waals surface area contributed by atoms with Crippen molar-refractivity contribution < 1.29 is 4.79 Å². The summed E-state index contributed by atoms with van der Waals surface area (Å²) in [5, 5.41) is 0. The zero-order chi connectivity index (χ0) is 14.4. The minimum absolute atomic E-state index is 0.116. The topological polar surface area (TPSA) is 58.4 Å². The Morgan fingerprint density at radius 3 is 2.60 bits per heavy atom. The molecule has 0 spiro atoms. The van der Waals surface area contributed by atoms with Crippen LogP contribution in [0.2, 0.25) is 0 Å². The summed E-state index contributed by atoms with van der Waals surface area (Å²) < 4.78 is 0. The predicted molar refractivity (Wildman–Crippen MR) is 81.0 cm³/mol. The Balaban J connectivity index is 1.98. The zero-order valence-electron chi connectivity index (χ0n) is 12.2. The molecule has 110 valence electrons. The molecule has 0 bridgehead atoms. The van der Waals surface area contributed by atoms with Gasteiger partial charge in [-0.1, -0.05) is 43.2 Å². The summed E-state index contributed by atoms with van der Waals surface area (Å²) in [4.78, 5) is 14.3. The molecule has 4 heteroatoms. The van der Waals surface area contributed by atoms with Crippen molar-refractivity contribution in [3.63, 3.8) is 0 Å². The van der Waals surface area contributed by atoms with E-state index in [0.29, 0.717) is 6.54 Å². The molecule has 0 saturated heterocycles. The van der Waals surface area contributed by atoms with Gasteiger partial charge in [0.1, 0.15) is 0 Å². The van der Waals surface area contributed by atoms with Crippen LogP contribution in [0.15, 0.2) is 30.3 Å². The van der Waals surface area contributed by atoms with Crippen LogP contribution in [0, 0.1) is 5.92 Å². The van der Waals surface area contributed by atoms with E-state index in [2.05, 4.69) is 17.4 Å². The molecule has 1 atom stereocenters. The third-order valence-corrected chi connectivity index (χ3v) is 4.20. The molecule has 1 aliphatic rings. The van der Waals surface area contributed by atoms with Crippen molar-refractivity contribution in [3.05, 3.63) is 35.9 Å². The van der Waals surface area contributed by atoms with Gasteiger partial charge in [0.05, 0.1) is 5.92 Å². The quantitative estimate of drug-likeness (QED) is 0.473. The first-order valence-electron chi connectivity index (χ1n) is 7.44. The zero-order valence-corrected chi connectivity index (χ0v) is 12.2. The summed E-state index contributed by atoms with van der Waals surface area (Å²) in [6.07, 6.45) is 5.35. The van der Waals surface area contributed by atoms with E-state index in [-0.39, 0.29) is 11.8 Å². The Morgan fingerprint density at radius 1 is 1.35 bits per heavy atom. The molecule has 0 aromatic heterocycles. The van der Waals surface area contributed by atoms with E-state index in [1.165, 1.54) is 25.7 Å². The third kappa shape index (κ3) is 4.05. The van der Waals surface area contributed by atoms with E-state index in [1.54, 1.807) is 0 Å². The highest BCUT2D eigenvalue weighted by atomic mass is 16.2. The predicted octanol–water partition coefficient (Wildman–Crippen LogP) is 1.88. The molecule has 0 aliphatic heterocycles. The lowest BCUT2D eigenvalue weighted by Crippen LogP contribution is -2.40. The highest BCUT2D eigenvalue weighted by molar-refractivity contribution is 5.83. The smallest absolute Gasteiger partial charge is 0.242 e. The lowest BCUT2D eigenvalue weighted by molar-refractivity contribution is -0.123. The van der Waals surface area contributed by atoms with Crippen LogP contribution < -0.4 is 11.3 Å². The Morgan fingerprint density at radius 2 is 2.00 bits per heavy atom. The fourth-order valence-electron chi connectivity index (χ4n) is 3.15. The van der Waals surface area contributed by atoms with Crippen molar-refractivity contribution in [1.29, 1.82) is 0 Å². The molecule has 1 amide bonds. The average Bonchev–Trinajstić information content (AvgIpc) is 2.97. The largest absolute Gasteiger partial charge is 0.305 e. The van der Waals surface area contributed by atoms with Crippen molar-refractivity contribution in [1.82, 2.24) is 10.3 Å². The maximum atomic E-state index is 12.0. The Bertz CT molecular complexity index is 415. The molecule has 1 unspecified atom stereocenters. The number of nitrogens with zero attached hydrogens (tertiary/aromatic N) is 1. The Hall–Kier alpha value is -1.39. The molecular formula is C16H25N3O. The first-order chi connectivity index (χ1) is 9.70. The molecule has 0 radical (unpaired) electrons. The van der Waals surface area contributed by atoms with Crippen LogP contribution in [-0.2, 0) is 4.79 Å². The second-order valence-electron chi connectivity index (χ2n) is 5.84. The van der Waals surface area contributed by atoms with E-state index >= 15 is 0 Å². The van der Waals surface area contributed by atoms with Gasteiger partial charge in [0.2, 0.25) is 5.91 Å². The Labute approximate surface area is 121 Å². The molecule has 1 aromatic carbocycles. The first-order valence-corrected chi connectivity index (χ1v) is 7.44. The second kappa shape index (κ2) is 7.41. The number of nitrogens with two attached hydrogens (primary N) is 1. The van der Waals surface area contributed by atoms with Crippen LogP contribution in [0.25, 0.3) is 0 Å². The normalized spacial score (nSPS) is 17.4. The van der Waals surface area contributed by atoms with Crippen LogP contribution in [-0.4, -0.2) is 30.9 Å². The van der Waals surface area contributed by atoms with Crippen LogP contribution in [0.3, 0.4) is 0 Å². The number of benzene rings is 1. The number of carbonyl (C=O) groups excluding carboxylic acids is 1. The van der Waals surface area contributed by atoms with Gasteiger partial charge in [-0.2, -0.15) is 0 Å². The SMILES string of the molecule is CN(CC1CCCC1)CC(C(=O)NN)c1ccccc1. The summed E-state index contributed by atoms with van der Waals surface area (Å²) in [5.74, 6) is 5.80. The highest BCUT2D eigenvalue weighted by Crippen LogP contribution is 2.26. The number of hydrogen-bond donors (Lipinski definition) is 2. The lowest BCUT2D eigenvalue weighted by Gasteiger charge is -2.25. The molecule has 1 fully saturated rings. The van der Waals surface area contributed by atoms with E-state index in [0.717, 1.165) is 18.0 Å². The molecule has 2 rings (SSSR count).